The van der Waals surface area contributed by atoms with Crippen molar-refractivity contribution >= 4 is 6.21 Å². The Bertz CT molecular complexity index is 33.2. The van der Waals surface area contributed by atoms with Gasteiger partial charge in [-0.2, -0.15) is 0 Å². The first-order valence-electron chi connectivity index (χ1n) is 2.40. The Morgan fingerprint density at radius 1 is 1.50 bits per heavy atom. The molecule has 0 rings (SSSR count). The number of rotatable bonds is 2. The first-order valence-corrected chi connectivity index (χ1v) is 2.40. The Hall–Kier alpha value is -0.330. The van der Waals surface area contributed by atoms with Gasteiger partial charge in [0.05, 0.1) is 0 Å². The summed E-state index contributed by atoms with van der Waals surface area (Å²) in [6.45, 7) is 5.04. The molecule has 0 spiro atoms. The lowest BCUT2D eigenvalue weighted by molar-refractivity contribution is 1.12. The first-order chi connectivity index (χ1) is 2.91. The minimum absolute atomic E-state index is 0.924. The molecular weight excluding hydrogens is 80.0 g/mol. The zero-order valence-electron chi connectivity index (χ0n) is 4.44. The van der Waals surface area contributed by atoms with Crippen LogP contribution in [-0.4, -0.2) is 12.8 Å². The van der Waals surface area contributed by atoms with Crippen molar-refractivity contribution in [3.05, 3.63) is 0 Å². The molecule has 0 atom stereocenters. The van der Waals surface area contributed by atoms with Crippen LogP contribution in [0.15, 0.2) is 4.99 Å². The highest BCUT2D eigenvalue weighted by atomic mass is 15.7. The van der Waals surface area contributed by atoms with Crippen LogP contribution in [0.1, 0.15) is 20.3 Å². The van der Waals surface area contributed by atoms with Gasteiger partial charge in [-0.15, -0.1) is 0 Å². The molecule has 0 unspecified atom stereocenters. The summed E-state index contributed by atoms with van der Waals surface area (Å²) in [5, 5.41) is 0. The Balaban J connectivity index is 2.73. The molecule has 36 valence electrons. The summed E-state index contributed by atoms with van der Waals surface area (Å²) in [7, 11) is 0. The predicted octanol–water partition coefficient (Wildman–Crippen LogP) is 1.49. The van der Waals surface area contributed by atoms with Crippen LogP contribution in [-0.2, 0) is 0 Å². The van der Waals surface area contributed by atoms with Gasteiger partial charge in [0.15, 0.2) is 0 Å². The van der Waals surface area contributed by atoms with Crippen LogP contribution in [0, 0.1) is 0 Å². The highest BCUT2D eigenvalue weighted by Crippen LogP contribution is 1.66. The minimum Gasteiger partial charge on any atom is -0.298 e. The molecule has 0 aromatic heterocycles. The van der Waals surface area contributed by atoms with Crippen LogP contribution < -0.4 is 0 Å². The maximum absolute atomic E-state index is 3.97. The largest absolute Gasteiger partial charge is 0.298 e. The van der Waals surface area contributed by atoms with Gasteiger partial charge in [0, 0.05) is 6.54 Å². The topological polar surface area (TPSA) is 12.4 Å². The van der Waals surface area contributed by atoms with Gasteiger partial charge in [-0.05, 0) is 19.6 Å². The Labute approximate surface area is 39.1 Å². The van der Waals surface area contributed by atoms with Crippen molar-refractivity contribution in [1.82, 2.24) is 0 Å². The van der Waals surface area contributed by atoms with Crippen molar-refractivity contribution < 1.29 is 0 Å². The lowest BCUT2D eigenvalue weighted by Crippen LogP contribution is -1.68. The van der Waals surface area contributed by atoms with E-state index in [4.69, 9.17) is 0 Å². The van der Waals surface area contributed by atoms with E-state index < -0.39 is 0 Å². The summed E-state index contributed by atoms with van der Waals surface area (Å²) in [5.41, 5.74) is 0. The zero-order chi connectivity index (χ0) is 4.83. The van der Waals surface area contributed by atoms with E-state index in [-0.39, 0.29) is 0 Å². The van der Waals surface area contributed by atoms with Crippen molar-refractivity contribution in [2.75, 3.05) is 6.54 Å². The molecule has 0 fully saturated rings. The van der Waals surface area contributed by atoms with Gasteiger partial charge in [-0.25, -0.2) is 0 Å². The summed E-state index contributed by atoms with van der Waals surface area (Å²) >= 11 is 0. The van der Waals surface area contributed by atoms with Crippen LogP contribution in [0.2, 0.25) is 0 Å². The lowest BCUT2D eigenvalue weighted by Gasteiger charge is -1.74. The Morgan fingerprint density at radius 3 is 2.33 bits per heavy atom. The first kappa shape index (κ1) is 5.67. The van der Waals surface area contributed by atoms with Crippen LogP contribution in [0.4, 0.5) is 0 Å². The smallest absolute Gasteiger partial charge is 0.0357 e. The second kappa shape index (κ2) is 4.67. The minimum atomic E-state index is 0.924. The van der Waals surface area contributed by atoms with E-state index in [0.717, 1.165) is 13.0 Å². The number of aliphatic imine (C=N–C) groups is 1. The van der Waals surface area contributed by atoms with E-state index in [1.807, 2.05) is 13.1 Å². The van der Waals surface area contributed by atoms with Crippen molar-refractivity contribution in [1.29, 1.82) is 0 Å². The Morgan fingerprint density at radius 2 is 2.17 bits per heavy atom. The quantitative estimate of drug-likeness (QED) is 0.277. The fraction of sp³-hybridized carbons (Fsp3) is 0.800. The summed E-state index contributed by atoms with van der Waals surface area (Å²) in [6, 6.07) is 0. The molecule has 0 saturated heterocycles. The highest BCUT2D eigenvalue weighted by Gasteiger charge is 1.59. The monoisotopic (exact) mass is 91.1 g/mol. The third kappa shape index (κ3) is 3.67. The normalized spacial score (nSPS) is 10.3. The molecule has 0 aliphatic carbocycles. The van der Waals surface area contributed by atoms with Crippen molar-refractivity contribution in [3.8, 4) is 0 Å². The van der Waals surface area contributed by atoms with E-state index in [2.05, 4.69) is 11.9 Å². The maximum Gasteiger partial charge on any atom is 0.0357 e. The van der Waals surface area contributed by atoms with E-state index in [9.17, 15) is 0 Å². The molecule has 0 aromatic rings. The average Bonchev–Trinajstić information content (AvgIpc) is 1.61. The molecule has 0 aliphatic rings. The number of hydrogen-bond acceptors (Lipinski definition) is 1. The second-order valence-corrected chi connectivity index (χ2v) is 1.09. The van der Waals surface area contributed by atoms with E-state index in [0.29, 0.717) is 0 Å². The van der Waals surface area contributed by atoms with Gasteiger partial charge in [-0.3, -0.25) is 4.99 Å². The summed E-state index contributed by atoms with van der Waals surface area (Å²) in [6.07, 6.45) is 2.99. The molecule has 0 saturated carbocycles. The third-order valence-electron chi connectivity index (χ3n) is 0.494. The standard InChI is InChI=1S/C5H11N/c1-3-5-6-4-2/h5H,3-4H2,1-2H3/i1+1,2+1,3+1,4+1,5+1,6+1. The summed E-state index contributed by atoms with van der Waals surface area (Å²) in [5.74, 6) is 0. The van der Waals surface area contributed by atoms with Gasteiger partial charge in [0.1, 0.15) is 0 Å². The fourth-order valence-corrected chi connectivity index (χ4v) is 0.258. The van der Waals surface area contributed by atoms with Crippen LogP contribution >= 0.6 is 0 Å². The SMILES string of the molecule is [13CH3][13CH2][13CH]=[15N][13CH2][13CH3]. The van der Waals surface area contributed by atoms with Gasteiger partial charge in [0.25, 0.3) is 0 Å². The van der Waals surface area contributed by atoms with Crippen LogP contribution in [0.3, 0.4) is 0 Å². The maximum atomic E-state index is 3.97. The Kier molecular flexibility index (Phi) is 4.41. The molecule has 0 aliphatic heterocycles. The molecule has 1 nitrogen and oxygen atoms in total. The fourth-order valence-electron chi connectivity index (χ4n) is 0.258. The van der Waals surface area contributed by atoms with E-state index in [1.54, 1.807) is 0 Å². The van der Waals surface area contributed by atoms with Gasteiger partial charge in [0.2, 0.25) is 0 Å². The van der Waals surface area contributed by atoms with Crippen LogP contribution in [0.25, 0.3) is 0 Å². The zero-order valence-corrected chi connectivity index (χ0v) is 4.44. The predicted molar refractivity (Wildman–Crippen MR) is 29.3 cm³/mol. The van der Waals surface area contributed by atoms with Crippen molar-refractivity contribution in [2.45, 2.75) is 20.3 Å². The van der Waals surface area contributed by atoms with E-state index in [1.165, 1.54) is 0 Å². The molecule has 1 heteroatoms. The van der Waals surface area contributed by atoms with Gasteiger partial charge >= 0.3 is 0 Å². The molecular formula is C5H11N. The van der Waals surface area contributed by atoms with Crippen LogP contribution in [0.5, 0.6) is 0 Å². The molecule has 6 heavy (non-hydrogen) atoms. The van der Waals surface area contributed by atoms with Crippen molar-refractivity contribution in [2.24, 2.45) is 4.99 Å². The van der Waals surface area contributed by atoms with Gasteiger partial charge in [-0.1, -0.05) is 6.92 Å². The highest BCUT2D eigenvalue weighted by molar-refractivity contribution is 5.56. The molecule has 0 bridgehead atoms. The number of hydrogen-bond donors (Lipinski definition) is 0. The molecule has 0 amide bonds. The molecule has 0 N–H and O–H groups in total. The molecule has 0 radical (unpaired) electrons. The number of nitrogens with zero attached hydrogens (tertiary/aromatic N) is 1. The van der Waals surface area contributed by atoms with Crippen molar-refractivity contribution in [3.63, 3.8) is 0 Å². The summed E-state index contributed by atoms with van der Waals surface area (Å²) < 4.78 is 0. The lowest BCUT2D eigenvalue weighted by atomic mass is 11.5. The van der Waals surface area contributed by atoms with E-state index >= 15 is 0 Å². The molecule has 0 aromatic carbocycles. The third-order valence-corrected chi connectivity index (χ3v) is 0.494. The molecule has 0 heterocycles. The second-order valence-electron chi connectivity index (χ2n) is 1.09. The summed E-state index contributed by atoms with van der Waals surface area (Å²) in [4.78, 5) is 3.97. The van der Waals surface area contributed by atoms with Gasteiger partial charge < -0.3 is 0 Å². The average molecular weight is 91.1 g/mol.